The van der Waals surface area contributed by atoms with E-state index in [1.165, 1.54) is 11.1 Å². The van der Waals surface area contributed by atoms with E-state index >= 15 is 0 Å². The summed E-state index contributed by atoms with van der Waals surface area (Å²) < 4.78 is 6.71. The number of aryl methyl sites for hydroxylation is 1. The molecule has 2 rings (SSSR count). The van der Waals surface area contributed by atoms with Gasteiger partial charge >= 0.3 is 0 Å². The molecule has 100 valence electrons. The average Bonchev–Trinajstić information content (AvgIpc) is 2.32. The summed E-state index contributed by atoms with van der Waals surface area (Å²) in [5, 5.41) is 0. The lowest BCUT2D eigenvalue weighted by Crippen LogP contribution is -2.11. The second-order valence-corrected chi connectivity index (χ2v) is 6.53. The van der Waals surface area contributed by atoms with Crippen LogP contribution < -0.4 is 4.74 Å². The number of nitrogens with zero attached hydrogens (tertiary/aromatic N) is 1. The van der Waals surface area contributed by atoms with Crippen LogP contribution in [-0.2, 0) is 5.41 Å². The molecule has 2 aromatic rings. The Hall–Kier alpha value is -1.35. The molecule has 0 atom stereocenters. The molecule has 0 amide bonds. The smallest absolute Gasteiger partial charge is 0.219 e. The largest absolute Gasteiger partial charge is 0.438 e. The van der Waals surface area contributed by atoms with E-state index < -0.39 is 0 Å². The number of pyridine rings is 1. The molecule has 0 radical (unpaired) electrons. The number of benzene rings is 1. The van der Waals surface area contributed by atoms with Gasteiger partial charge in [-0.1, -0.05) is 32.9 Å². The van der Waals surface area contributed by atoms with Crippen LogP contribution in [0.3, 0.4) is 0 Å². The number of hydrogen-bond donors (Lipinski definition) is 0. The van der Waals surface area contributed by atoms with Crippen LogP contribution in [0, 0.1) is 6.92 Å². The molecular formula is C16H18BrNO. The van der Waals surface area contributed by atoms with Gasteiger partial charge in [0, 0.05) is 12.3 Å². The maximum absolute atomic E-state index is 5.77. The van der Waals surface area contributed by atoms with Crippen molar-refractivity contribution in [2.75, 3.05) is 0 Å². The summed E-state index contributed by atoms with van der Waals surface area (Å²) in [4.78, 5) is 4.36. The molecule has 3 heteroatoms. The molecule has 0 saturated heterocycles. The molecule has 0 aliphatic carbocycles. The van der Waals surface area contributed by atoms with E-state index in [0.29, 0.717) is 5.88 Å². The van der Waals surface area contributed by atoms with Gasteiger partial charge in [-0.25, -0.2) is 4.98 Å². The van der Waals surface area contributed by atoms with Crippen molar-refractivity contribution in [3.63, 3.8) is 0 Å². The van der Waals surface area contributed by atoms with Crippen LogP contribution >= 0.6 is 15.9 Å². The summed E-state index contributed by atoms with van der Waals surface area (Å²) in [6, 6.07) is 9.96. The average molecular weight is 320 g/mol. The van der Waals surface area contributed by atoms with E-state index in [9.17, 15) is 0 Å². The van der Waals surface area contributed by atoms with Crippen LogP contribution in [0.25, 0.3) is 0 Å². The predicted molar refractivity (Wildman–Crippen MR) is 81.9 cm³/mol. The number of hydrogen-bond acceptors (Lipinski definition) is 2. The second kappa shape index (κ2) is 5.33. The van der Waals surface area contributed by atoms with Crippen LogP contribution in [0.4, 0.5) is 0 Å². The maximum atomic E-state index is 5.77. The predicted octanol–water partition coefficient (Wildman–Crippen LogP) is 5.24. The van der Waals surface area contributed by atoms with Gasteiger partial charge in [0.2, 0.25) is 5.88 Å². The second-order valence-electron chi connectivity index (χ2n) is 5.67. The fourth-order valence-corrected chi connectivity index (χ4v) is 2.26. The normalized spacial score (nSPS) is 11.4. The first-order valence-electron chi connectivity index (χ1n) is 6.27. The number of aromatic nitrogens is 1. The van der Waals surface area contributed by atoms with E-state index in [1.54, 1.807) is 0 Å². The van der Waals surface area contributed by atoms with Crippen molar-refractivity contribution in [1.82, 2.24) is 4.98 Å². The Balaban J connectivity index is 2.20. The van der Waals surface area contributed by atoms with Crippen LogP contribution in [0.15, 0.2) is 41.0 Å². The standard InChI is InChI=1S/C16H18BrNO/c1-11-5-7-14(13(17)9-11)19-15-8-6-12(10-18-15)16(2,3)4/h5-10H,1-4H3. The Morgan fingerprint density at radius 1 is 1.11 bits per heavy atom. The molecular weight excluding hydrogens is 302 g/mol. The molecule has 1 aromatic heterocycles. The van der Waals surface area contributed by atoms with Crippen LogP contribution in [-0.4, -0.2) is 4.98 Å². The first-order chi connectivity index (χ1) is 8.86. The Kier molecular flexibility index (Phi) is 3.95. The fraction of sp³-hybridized carbons (Fsp3) is 0.312. The summed E-state index contributed by atoms with van der Waals surface area (Å²) in [7, 11) is 0. The molecule has 0 N–H and O–H groups in total. The summed E-state index contributed by atoms with van der Waals surface area (Å²) in [5.41, 5.74) is 2.49. The zero-order valence-corrected chi connectivity index (χ0v) is 13.3. The van der Waals surface area contributed by atoms with Gasteiger partial charge in [-0.2, -0.15) is 0 Å². The van der Waals surface area contributed by atoms with Crippen molar-refractivity contribution in [3.05, 3.63) is 52.1 Å². The van der Waals surface area contributed by atoms with Crippen LogP contribution in [0.1, 0.15) is 31.9 Å². The van der Waals surface area contributed by atoms with Crippen molar-refractivity contribution in [2.45, 2.75) is 33.1 Å². The monoisotopic (exact) mass is 319 g/mol. The molecule has 0 saturated carbocycles. The Morgan fingerprint density at radius 3 is 2.37 bits per heavy atom. The quantitative estimate of drug-likeness (QED) is 0.754. The minimum atomic E-state index is 0.107. The highest BCUT2D eigenvalue weighted by molar-refractivity contribution is 9.10. The molecule has 0 aliphatic heterocycles. The molecule has 0 unspecified atom stereocenters. The molecule has 19 heavy (non-hydrogen) atoms. The first kappa shape index (κ1) is 14.1. The maximum Gasteiger partial charge on any atom is 0.219 e. The lowest BCUT2D eigenvalue weighted by molar-refractivity contribution is 0.458. The van der Waals surface area contributed by atoms with E-state index in [-0.39, 0.29) is 5.41 Å². The van der Waals surface area contributed by atoms with Gasteiger partial charge in [-0.05, 0) is 51.5 Å². The third-order valence-electron chi connectivity index (χ3n) is 2.90. The first-order valence-corrected chi connectivity index (χ1v) is 7.06. The number of halogens is 1. The molecule has 2 nitrogen and oxygen atoms in total. The van der Waals surface area contributed by atoms with Crippen LogP contribution in [0.5, 0.6) is 11.6 Å². The summed E-state index contributed by atoms with van der Waals surface area (Å²) >= 11 is 3.50. The SMILES string of the molecule is Cc1ccc(Oc2ccc(C(C)(C)C)cn2)c(Br)c1. The van der Waals surface area contributed by atoms with E-state index in [0.717, 1.165) is 10.2 Å². The van der Waals surface area contributed by atoms with Gasteiger partial charge in [0.25, 0.3) is 0 Å². The third-order valence-corrected chi connectivity index (χ3v) is 3.52. The van der Waals surface area contributed by atoms with Crippen molar-refractivity contribution in [1.29, 1.82) is 0 Å². The Labute approximate surface area is 123 Å². The molecule has 0 bridgehead atoms. The van der Waals surface area contributed by atoms with Crippen molar-refractivity contribution >= 4 is 15.9 Å². The van der Waals surface area contributed by atoms with Crippen molar-refractivity contribution in [3.8, 4) is 11.6 Å². The topological polar surface area (TPSA) is 22.1 Å². The Morgan fingerprint density at radius 2 is 1.84 bits per heavy atom. The third kappa shape index (κ3) is 3.57. The molecule has 1 heterocycles. The van der Waals surface area contributed by atoms with Crippen LogP contribution in [0.2, 0.25) is 0 Å². The highest BCUT2D eigenvalue weighted by atomic mass is 79.9. The zero-order chi connectivity index (χ0) is 14.0. The van der Waals surface area contributed by atoms with Gasteiger partial charge in [-0.3, -0.25) is 0 Å². The lowest BCUT2D eigenvalue weighted by Gasteiger charge is -2.18. The summed E-state index contributed by atoms with van der Waals surface area (Å²) in [6.45, 7) is 8.55. The molecule has 0 aliphatic rings. The van der Waals surface area contributed by atoms with E-state index in [4.69, 9.17) is 4.74 Å². The zero-order valence-electron chi connectivity index (χ0n) is 11.7. The number of rotatable bonds is 2. The van der Waals surface area contributed by atoms with Gasteiger partial charge in [0.1, 0.15) is 5.75 Å². The lowest BCUT2D eigenvalue weighted by atomic mass is 9.88. The number of ether oxygens (including phenoxy) is 1. The van der Waals surface area contributed by atoms with Crippen molar-refractivity contribution in [2.24, 2.45) is 0 Å². The Bertz CT molecular complexity index is 570. The minimum Gasteiger partial charge on any atom is -0.438 e. The van der Waals surface area contributed by atoms with E-state index in [1.807, 2.05) is 37.4 Å². The van der Waals surface area contributed by atoms with E-state index in [2.05, 4.69) is 47.8 Å². The van der Waals surface area contributed by atoms with Gasteiger partial charge in [-0.15, -0.1) is 0 Å². The fourth-order valence-electron chi connectivity index (χ4n) is 1.69. The highest BCUT2D eigenvalue weighted by Crippen LogP contribution is 2.30. The summed E-state index contributed by atoms with van der Waals surface area (Å²) in [5.74, 6) is 1.39. The van der Waals surface area contributed by atoms with Gasteiger partial charge in [0.15, 0.2) is 0 Å². The molecule has 0 spiro atoms. The summed E-state index contributed by atoms with van der Waals surface area (Å²) in [6.07, 6.45) is 1.87. The van der Waals surface area contributed by atoms with Gasteiger partial charge in [0.05, 0.1) is 4.47 Å². The molecule has 0 fully saturated rings. The van der Waals surface area contributed by atoms with Gasteiger partial charge < -0.3 is 4.74 Å². The van der Waals surface area contributed by atoms with Crippen molar-refractivity contribution < 1.29 is 4.74 Å². The highest BCUT2D eigenvalue weighted by Gasteiger charge is 2.14. The minimum absolute atomic E-state index is 0.107. The molecule has 1 aromatic carbocycles.